The molecule has 0 rings (SSSR count). The van der Waals surface area contributed by atoms with Crippen molar-refractivity contribution in [1.82, 2.24) is 0 Å². The standard InChI is InChI=1S/C60H110O9/c1-4-7-10-25-34-43-54(61)46-37-28-19-13-16-22-31-40-49-58(64)67-52-57(69-60(66)51-42-33-24-18-15-21-30-39-48-56(63)45-36-27-12-9-6-3)53-68-59(65)50-41-32-23-17-14-20-29-38-47-55(62)44-35-26-11-8-5-2/h28-30,37-39,54-57,61-63H,4-27,31-36,40-53H2,1-3H3/b37-28-,38-29-,39-30-. The molecule has 0 radical (unpaired) electrons. The number of carbonyl (C=O) groups is 3. The number of aliphatic hydroxyl groups excluding tert-OH is 3. The Balaban J connectivity index is 4.51. The van der Waals surface area contributed by atoms with E-state index in [-0.39, 0.29) is 55.9 Å². The second-order valence-electron chi connectivity index (χ2n) is 20.1. The average Bonchev–Trinajstić information content (AvgIpc) is 3.33. The topological polar surface area (TPSA) is 140 Å². The third-order valence-electron chi connectivity index (χ3n) is 13.1. The normalized spacial score (nSPS) is 13.7. The Bertz CT molecular complexity index is 1150. The molecule has 0 aromatic heterocycles. The third kappa shape index (κ3) is 51.7. The van der Waals surface area contributed by atoms with Gasteiger partial charge in [0.05, 0.1) is 18.3 Å². The number of esters is 3. The molecule has 0 bridgehead atoms. The van der Waals surface area contributed by atoms with Crippen LogP contribution in [-0.2, 0) is 28.6 Å². The lowest BCUT2D eigenvalue weighted by Crippen LogP contribution is -2.30. The molecule has 69 heavy (non-hydrogen) atoms. The van der Waals surface area contributed by atoms with E-state index in [2.05, 4.69) is 57.2 Å². The zero-order chi connectivity index (χ0) is 50.5. The van der Waals surface area contributed by atoms with Crippen LogP contribution in [0.15, 0.2) is 36.5 Å². The van der Waals surface area contributed by atoms with E-state index in [4.69, 9.17) is 14.2 Å². The van der Waals surface area contributed by atoms with Crippen LogP contribution in [0.3, 0.4) is 0 Å². The highest BCUT2D eigenvalue weighted by Gasteiger charge is 2.19. The van der Waals surface area contributed by atoms with Gasteiger partial charge in [-0.05, 0) is 96.3 Å². The summed E-state index contributed by atoms with van der Waals surface area (Å²) in [5, 5.41) is 30.6. The van der Waals surface area contributed by atoms with Gasteiger partial charge in [-0.25, -0.2) is 0 Å². The first-order valence-electron chi connectivity index (χ1n) is 29.2. The van der Waals surface area contributed by atoms with E-state index in [9.17, 15) is 29.7 Å². The summed E-state index contributed by atoms with van der Waals surface area (Å²) in [5.41, 5.74) is 0. The molecule has 3 unspecified atom stereocenters. The van der Waals surface area contributed by atoms with Crippen molar-refractivity contribution in [2.75, 3.05) is 13.2 Å². The van der Waals surface area contributed by atoms with Crippen LogP contribution in [-0.4, -0.2) is 70.9 Å². The maximum Gasteiger partial charge on any atom is 0.306 e. The molecule has 0 aliphatic rings. The van der Waals surface area contributed by atoms with Gasteiger partial charge in [0.2, 0.25) is 0 Å². The maximum absolute atomic E-state index is 12.9. The molecule has 0 fully saturated rings. The molecule has 0 heterocycles. The molecule has 3 atom stereocenters. The highest BCUT2D eigenvalue weighted by atomic mass is 16.6. The first-order chi connectivity index (χ1) is 33.7. The van der Waals surface area contributed by atoms with E-state index in [0.29, 0.717) is 19.3 Å². The largest absolute Gasteiger partial charge is 0.462 e. The molecule has 0 aliphatic carbocycles. The number of rotatable bonds is 53. The average molecular weight is 976 g/mol. The Labute approximate surface area is 424 Å². The molecule has 0 spiro atoms. The van der Waals surface area contributed by atoms with Gasteiger partial charge in [-0.1, -0.05) is 211 Å². The van der Waals surface area contributed by atoms with Crippen molar-refractivity contribution in [1.29, 1.82) is 0 Å². The first kappa shape index (κ1) is 66.5. The number of unbranched alkanes of at least 4 members (excludes halogenated alkanes) is 27. The van der Waals surface area contributed by atoms with E-state index in [1.54, 1.807) is 0 Å². The van der Waals surface area contributed by atoms with Gasteiger partial charge in [-0.3, -0.25) is 14.4 Å². The Kier molecular flexibility index (Phi) is 51.4. The summed E-state index contributed by atoms with van der Waals surface area (Å²) in [6.07, 6.45) is 53.0. The summed E-state index contributed by atoms with van der Waals surface area (Å²) < 4.78 is 16.8. The van der Waals surface area contributed by atoms with Crippen LogP contribution >= 0.6 is 0 Å². The smallest absolute Gasteiger partial charge is 0.306 e. The zero-order valence-electron chi connectivity index (χ0n) is 45.2. The predicted molar refractivity (Wildman–Crippen MR) is 288 cm³/mol. The highest BCUT2D eigenvalue weighted by molar-refractivity contribution is 5.71. The van der Waals surface area contributed by atoms with Crippen molar-refractivity contribution < 1.29 is 43.9 Å². The molecule has 3 N–H and O–H groups in total. The van der Waals surface area contributed by atoms with Crippen molar-refractivity contribution in [3.05, 3.63) is 36.5 Å². The zero-order valence-corrected chi connectivity index (χ0v) is 45.2. The Morgan fingerprint density at radius 3 is 0.957 bits per heavy atom. The van der Waals surface area contributed by atoms with Crippen LogP contribution < -0.4 is 0 Å². The Morgan fingerprint density at radius 2 is 0.623 bits per heavy atom. The van der Waals surface area contributed by atoms with Crippen LogP contribution in [0.2, 0.25) is 0 Å². The molecule has 0 amide bonds. The van der Waals surface area contributed by atoms with Gasteiger partial charge in [0.15, 0.2) is 6.10 Å². The molecule has 0 saturated carbocycles. The lowest BCUT2D eigenvalue weighted by molar-refractivity contribution is -0.167. The minimum atomic E-state index is -0.836. The van der Waals surface area contributed by atoms with Crippen molar-refractivity contribution in [2.45, 2.75) is 315 Å². The fraction of sp³-hybridized carbons (Fsp3) is 0.850. The number of carbonyl (C=O) groups excluding carboxylic acids is 3. The molecule has 9 nitrogen and oxygen atoms in total. The molecule has 404 valence electrons. The molecular formula is C60H110O9. The van der Waals surface area contributed by atoms with E-state index < -0.39 is 6.10 Å². The van der Waals surface area contributed by atoms with Crippen LogP contribution in [0.4, 0.5) is 0 Å². The van der Waals surface area contributed by atoms with Gasteiger partial charge in [0.1, 0.15) is 13.2 Å². The molecule has 9 heteroatoms. The summed E-state index contributed by atoms with van der Waals surface area (Å²) in [6, 6.07) is 0. The van der Waals surface area contributed by atoms with Crippen molar-refractivity contribution in [3.63, 3.8) is 0 Å². The van der Waals surface area contributed by atoms with Crippen molar-refractivity contribution in [3.8, 4) is 0 Å². The lowest BCUT2D eigenvalue weighted by Gasteiger charge is -2.18. The quantitative estimate of drug-likeness (QED) is 0.0235. The number of ether oxygens (including phenoxy) is 3. The van der Waals surface area contributed by atoms with E-state index >= 15 is 0 Å². The summed E-state index contributed by atoms with van der Waals surface area (Å²) >= 11 is 0. The van der Waals surface area contributed by atoms with Gasteiger partial charge < -0.3 is 29.5 Å². The first-order valence-corrected chi connectivity index (χ1v) is 29.2. The number of allylic oxidation sites excluding steroid dienone is 3. The van der Waals surface area contributed by atoms with Gasteiger partial charge in [-0.15, -0.1) is 0 Å². The molecule has 0 aromatic carbocycles. The van der Waals surface area contributed by atoms with Gasteiger partial charge in [0, 0.05) is 19.3 Å². The van der Waals surface area contributed by atoms with E-state index in [1.165, 1.54) is 77.0 Å². The SMILES string of the molecule is CCCCCCCC(O)C/C=C\CCCCCCCC(=O)OCC(COC(=O)CCCCCCC/C=C\CC(O)CCCCCCC)OC(=O)CCCCCCC/C=C\CC(O)CCCCCCC. The second-order valence-corrected chi connectivity index (χ2v) is 20.1. The number of aliphatic hydroxyl groups is 3. The monoisotopic (exact) mass is 975 g/mol. The number of hydrogen-bond acceptors (Lipinski definition) is 9. The van der Waals surface area contributed by atoms with E-state index in [1.807, 2.05) is 0 Å². The molecule has 0 aromatic rings. The van der Waals surface area contributed by atoms with Gasteiger partial charge in [0.25, 0.3) is 0 Å². The maximum atomic E-state index is 12.9. The van der Waals surface area contributed by atoms with Crippen molar-refractivity contribution >= 4 is 17.9 Å². The Hall–Kier alpha value is -2.49. The van der Waals surface area contributed by atoms with Crippen molar-refractivity contribution in [2.24, 2.45) is 0 Å². The highest BCUT2D eigenvalue weighted by Crippen LogP contribution is 2.16. The van der Waals surface area contributed by atoms with Crippen LogP contribution in [0.1, 0.15) is 290 Å². The summed E-state index contributed by atoms with van der Waals surface area (Å²) in [7, 11) is 0. The fourth-order valence-corrected chi connectivity index (χ4v) is 8.48. The van der Waals surface area contributed by atoms with Crippen LogP contribution in [0.5, 0.6) is 0 Å². The second kappa shape index (κ2) is 53.3. The minimum absolute atomic E-state index is 0.131. The molecule has 0 saturated heterocycles. The minimum Gasteiger partial charge on any atom is -0.462 e. The summed E-state index contributed by atoms with van der Waals surface area (Å²) in [6.45, 7) is 6.39. The third-order valence-corrected chi connectivity index (χ3v) is 13.1. The van der Waals surface area contributed by atoms with Gasteiger partial charge in [-0.2, -0.15) is 0 Å². The Morgan fingerprint density at radius 1 is 0.348 bits per heavy atom. The lowest BCUT2D eigenvalue weighted by atomic mass is 10.1. The summed E-state index contributed by atoms with van der Waals surface area (Å²) in [5.74, 6) is -1.04. The number of hydrogen-bond donors (Lipinski definition) is 3. The summed E-state index contributed by atoms with van der Waals surface area (Å²) in [4.78, 5) is 38.2. The van der Waals surface area contributed by atoms with E-state index in [0.717, 1.165) is 167 Å². The van der Waals surface area contributed by atoms with Crippen LogP contribution in [0.25, 0.3) is 0 Å². The van der Waals surface area contributed by atoms with Crippen LogP contribution in [0, 0.1) is 0 Å². The molecular weight excluding hydrogens is 865 g/mol. The molecule has 0 aliphatic heterocycles. The fourth-order valence-electron chi connectivity index (χ4n) is 8.48. The van der Waals surface area contributed by atoms with Gasteiger partial charge >= 0.3 is 17.9 Å². The predicted octanol–water partition coefficient (Wildman–Crippen LogP) is 16.2.